The number of halogens is 1. The van der Waals surface area contributed by atoms with E-state index in [0.29, 0.717) is 17.3 Å². The van der Waals surface area contributed by atoms with E-state index in [-0.39, 0.29) is 6.42 Å². The summed E-state index contributed by atoms with van der Waals surface area (Å²) in [6, 6.07) is 0. The second-order valence-corrected chi connectivity index (χ2v) is 7.02. The Morgan fingerprint density at radius 3 is 1.93 bits per heavy atom. The van der Waals surface area contributed by atoms with Gasteiger partial charge in [0.25, 0.3) is 5.56 Å². The minimum absolute atomic E-state index is 0.158. The Kier molecular flexibility index (Phi) is 12.1. The highest BCUT2D eigenvalue weighted by Gasteiger charge is 2.09. The van der Waals surface area contributed by atoms with E-state index in [1.165, 1.54) is 57.8 Å². The third-order valence-corrected chi connectivity index (χ3v) is 4.55. The summed E-state index contributed by atoms with van der Waals surface area (Å²) in [5, 5.41) is 0. The molecule has 1 N–H and O–H groups in total. The van der Waals surface area contributed by atoms with E-state index in [1.54, 1.807) is 4.98 Å². The fraction of sp³-hybridized carbons (Fsp3) is 0.750. The smallest absolute Gasteiger partial charge is 0.332 e. The third-order valence-electron chi connectivity index (χ3n) is 4.55. The Hall–Kier alpha value is -1.92. The van der Waals surface area contributed by atoms with Crippen LogP contribution in [-0.4, -0.2) is 15.7 Å². The number of nitrogens with zero attached hydrogens (tertiary/aromatic N) is 1. The van der Waals surface area contributed by atoms with E-state index in [4.69, 9.17) is 4.84 Å². The normalized spacial score (nSPS) is 10.9. The molecule has 0 spiro atoms. The predicted molar refractivity (Wildman–Crippen MR) is 103 cm³/mol. The minimum atomic E-state index is -1.18. The van der Waals surface area contributed by atoms with Gasteiger partial charge in [-0.2, -0.15) is 4.39 Å². The Morgan fingerprint density at radius 2 is 1.41 bits per heavy atom. The molecule has 1 aromatic rings. The van der Waals surface area contributed by atoms with Crippen molar-refractivity contribution in [1.29, 1.82) is 0 Å². The van der Waals surface area contributed by atoms with Crippen LogP contribution >= 0.6 is 0 Å². The molecule has 1 heterocycles. The lowest BCUT2D eigenvalue weighted by Crippen LogP contribution is -2.37. The third kappa shape index (κ3) is 10.7. The zero-order valence-electron chi connectivity index (χ0n) is 16.4. The van der Waals surface area contributed by atoms with Crippen LogP contribution in [0.5, 0.6) is 0 Å². The largest absolute Gasteiger partial charge is 0.362 e. The van der Waals surface area contributed by atoms with Crippen molar-refractivity contribution >= 4 is 5.97 Å². The van der Waals surface area contributed by atoms with Gasteiger partial charge in [-0.25, -0.2) is 9.59 Å². The maximum atomic E-state index is 13.1. The van der Waals surface area contributed by atoms with Crippen LogP contribution in [0.1, 0.15) is 96.8 Å². The molecule has 0 saturated carbocycles. The number of aromatic amines is 1. The van der Waals surface area contributed by atoms with Crippen molar-refractivity contribution in [2.75, 3.05) is 0 Å². The number of aromatic nitrogens is 2. The van der Waals surface area contributed by atoms with Crippen molar-refractivity contribution in [2.24, 2.45) is 0 Å². The molecule has 154 valence electrons. The van der Waals surface area contributed by atoms with Gasteiger partial charge in [-0.05, 0) is 6.42 Å². The number of rotatable bonds is 15. The average Bonchev–Trinajstić information content (AvgIpc) is 2.63. The molecule has 0 aromatic carbocycles. The van der Waals surface area contributed by atoms with Crippen LogP contribution in [0, 0.1) is 5.82 Å². The van der Waals surface area contributed by atoms with Crippen LogP contribution in [-0.2, 0) is 4.79 Å². The zero-order chi connectivity index (χ0) is 19.9. The number of H-pyrrole nitrogens is 1. The van der Waals surface area contributed by atoms with Gasteiger partial charge >= 0.3 is 11.7 Å². The van der Waals surface area contributed by atoms with Crippen molar-refractivity contribution in [3.8, 4) is 0 Å². The number of unbranched alkanes of at least 4 members (excludes halogenated alkanes) is 12. The summed E-state index contributed by atoms with van der Waals surface area (Å²) in [7, 11) is 0. The first-order valence-corrected chi connectivity index (χ1v) is 10.3. The van der Waals surface area contributed by atoms with Crippen LogP contribution in [0.2, 0.25) is 0 Å². The highest BCUT2D eigenvalue weighted by atomic mass is 19.1. The number of nitrogens with one attached hydrogen (secondary N) is 1. The molecule has 0 aliphatic carbocycles. The minimum Gasteiger partial charge on any atom is -0.332 e. The lowest BCUT2D eigenvalue weighted by molar-refractivity contribution is -0.145. The van der Waals surface area contributed by atoms with Gasteiger partial charge in [-0.1, -0.05) is 84.0 Å². The SMILES string of the molecule is CCCCCCCCCCCCCCCC(=O)On1cc(F)c(=O)[nH]c1=O. The van der Waals surface area contributed by atoms with Crippen LogP contribution in [0.15, 0.2) is 15.8 Å². The molecular formula is C20H33FN2O4. The molecule has 6 nitrogen and oxygen atoms in total. The van der Waals surface area contributed by atoms with Crippen LogP contribution < -0.4 is 16.1 Å². The van der Waals surface area contributed by atoms with Crippen molar-refractivity contribution < 1.29 is 14.0 Å². The molecule has 0 saturated heterocycles. The number of carbonyl (C=O) groups is 1. The van der Waals surface area contributed by atoms with Gasteiger partial charge in [-0.3, -0.25) is 9.78 Å². The summed E-state index contributed by atoms with van der Waals surface area (Å²) in [6.07, 6.45) is 16.4. The molecule has 0 fully saturated rings. The van der Waals surface area contributed by atoms with Crippen molar-refractivity contribution in [3.05, 3.63) is 32.9 Å². The quantitative estimate of drug-likeness (QED) is 0.461. The monoisotopic (exact) mass is 384 g/mol. The maximum Gasteiger partial charge on any atom is 0.362 e. The molecule has 0 aliphatic rings. The summed E-state index contributed by atoms with van der Waals surface area (Å²) >= 11 is 0. The zero-order valence-corrected chi connectivity index (χ0v) is 16.4. The summed E-state index contributed by atoms with van der Waals surface area (Å²) in [6.45, 7) is 2.23. The lowest BCUT2D eigenvalue weighted by Gasteiger charge is -2.05. The maximum absolute atomic E-state index is 13.1. The van der Waals surface area contributed by atoms with E-state index in [9.17, 15) is 18.8 Å². The van der Waals surface area contributed by atoms with E-state index in [0.717, 1.165) is 19.3 Å². The average molecular weight is 384 g/mol. The molecule has 0 aliphatic heterocycles. The van der Waals surface area contributed by atoms with Gasteiger partial charge in [0, 0.05) is 6.42 Å². The number of carbonyl (C=O) groups excluding carboxylic acids is 1. The van der Waals surface area contributed by atoms with Gasteiger partial charge in [0.2, 0.25) is 5.82 Å². The summed E-state index contributed by atoms with van der Waals surface area (Å²) in [4.78, 5) is 40.4. The molecule has 0 amide bonds. The number of hydrogen-bond acceptors (Lipinski definition) is 4. The predicted octanol–water partition coefficient (Wildman–Crippen LogP) is 4.11. The van der Waals surface area contributed by atoms with E-state index in [2.05, 4.69) is 6.92 Å². The first-order valence-electron chi connectivity index (χ1n) is 10.3. The molecule has 0 unspecified atom stereocenters. The lowest BCUT2D eigenvalue weighted by atomic mass is 10.0. The van der Waals surface area contributed by atoms with E-state index < -0.39 is 23.0 Å². The fourth-order valence-corrected chi connectivity index (χ4v) is 2.94. The second-order valence-electron chi connectivity index (χ2n) is 7.02. The molecule has 27 heavy (non-hydrogen) atoms. The first-order chi connectivity index (χ1) is 13.0. The molecule has 1 rings (SSSR count). The van der Waals surface area contributed by atoms with Crippen molar-refractivity contribution in [3.63, 3.8) is 0 Å². The Labute approximate surface area is 160 Å². The highest BCUT2D eigenvalue weighted by molar-refractivity contribution is 5.69. The van der Waals surface area contributed by atoms with Crippen molar-refractivity contribution in [1.82, 2.24) is 9.71 Å². The van der Waals surface area contributed by atoms with Crippen molar-refractivity contribution in [2.45, 2.75) is 96.8 Å². The highest BCUT2D eigenvalue weighted by Crippen LogP contribution is 2.12. The molecule has 7 heteroatoms. The van der Waals surface area contributed by atoms with E-state index in [1.807, 2.05) is 0 Å². The molecule has 1 aromatic heterocycles. The first kappa shape index (κ1) is 23.1. The van der Waals surface area contributed by atoms with Crippen LogP contribution in [0.3, 0.4) is 0 Å². The van der Waals surface area contributed by atoms with Gasteiger partial charge in [0.1, 0.15) is 0 Å². The molecule has 0 atom stereocenters. The van der Waals surface area contributed by atoms with Crippen LogP contribution in [0.4, 0.5) is 4.39 Å². The Balaban J connectivity index is 1.99. The summed E-state index contributed by atoms with van der Waals surface area (Å²) in [5.41, 5.74) is -2.11. The molecular weight excluding hydrogens is 351 g/mol. The second kappa shape index (κ2) is 14.2. The topological polar surface area (TPSA) is 81.2 Å². The molecule has 0 radical (unpaired) electrons. The summed E-state index contributed by atoms with van der Waals surface area (Å²) < 4.78 is 13.5. The standard InChI is InChI=1S/C20H33FN2O4/c1-2-3-4-5-6-7-8-9-10-11-12-13-14-15-18(24)27-23-16-17(21)19(25)22-20(23)26/h16H,2-15H2,1H3,(H,22,25,26). The Morgan fingerprint density at radius 1 is 0.926 bits per heavy atom. The number of hydrogen-bond donors (Lipinski definition) is 1. The van der Waals surface area contributed by atoms with Crippen LogP contribution in [0.25, 0.3) is 0 Å². The Bertz CT molecular complexity index is 654. The molecule has 0 bridgehead atoms. The van der Waals surface area contributed by atoms with E-state index >= 15 is 0 Å². The van der Waals surface area contributed by atoms with Gasteiger partial charge < -0.3 is 4.84 Å². The van der Waals surface area contributed by atoms with Gasteiger partial charge in [-0.15, -0.1) is 4.73 Å². The summed E-state index contributed by atoms with van der Waals surface area (Å²) in [5.74, 6) is -1.80. The van der Waals surface area contributed by atoms with Gasteiger partial charge in [0.15, 0.2) is 0 Å². The van der Waals surface area contributed by atoms with Gasteiger partial charge in [0.05, 0.1) is 6.20 Å². The fourth-order valence-electron chi connectivity index (χ4n) is 2.94.